The van der Waals surface area contributed by atoms with Crippen LogP contribution in [-0.2, 0) is 6.42 Å². The van der Waals surface area contributed by atoms with Crippen molar-refractivity contribution < 1.29 is 19.1 Å². The lowest BCUT2D eigenvalue weighted by atomic mass is 10.1. The molecule has 2 aliphatic rings. The third-order valence-corrected chi connectivity index (χ3v) is 8.99. The average Bonchev–Trinajstić information content (AvgIpc) is 3.88. The molecule has 6 amide bonds. The lowest BCUT2D eigenvalue weighted by Crippen LogP contribution is -2.35. The number of nitrogens with zero attached hydrogens (tertiary/aromatic N) is 3. The summed E-state index contributed by atoms with van der Waals surface area (Å²) < 4.78 is 5.05. The molecule has 3 aromatic rings. The van der Waals surface area contributed by atoms with Crippen molar-refractivity contribution in [1.82, 2.24) is 14.7 Å². The number of urea groups is 3. The number of nitrogens with one attached hydrogen (secondary N) is 3. The minimum absolute atomic E-state index is 0.0114. The predicted molar refractivity (Wildman–Crippen MR) is 203 cm³/mol. The van der Waals surface area contributed by atoms with Crippen LogP contribution >= 0.6 is 11.8 Å². The van der Waals surface area contributed by atoms with Gasteiger partial charge in [0.25, 0.3) is 0 Å². The van der Waals surface area contributed by atoms with E-state index in [1.54, 1.807) is 18.9 Å². The fourth-order valence-corrected chi connectivity index (χ4v) is 5.70. The monoisotopic (exact) mass is 690 g/mol. The van der Waals surface area contributed by atoms with Gasteiger partial charge in [-0.3, -0.25) is 0 Å². The topological polar surface area (TPSA) is 106 Å². The number of likely N-dealkylation sites (tertiary alicyclic amines) is 2. The maximum Gasteiger partial charge on any atom is 0.321 e. The molecule has 2 aliphatic heterocycles. The Hall–Kier alpha value is -4.38. The molecule has 0 spiro atoms. The van der Waals surface area contributed by atoms with E-state index < -0.39 is 0 Å². The number of methoxy groups -OCH3 is 1. The summed E-state index contributed by atoms with van der Waals surface area (Å²) in [4.78, 5) is 42.2. The average molecular weight is 691 g/mol. The van der Waals surface area contributed by atoms with Crippen LogP contribution in [0.4, 0.5) is 31.4 Å². The Labute approximate surface area is 296 Å². The summed E-state index contributed by atoms with van der Waals surface area (Å²) in [5.74, 6) is 0.791. The second kappa shape index (κ2) is 21.6. The van der Waals surface area contributed by atoms with E-state index in [2.05, 4.69) is 29.8 Å². The number of amides is 6. The number of ether oxygens (including phenoxy) is 1. The number of carbonyl (C=O) groups is 3. The van der Waals surface area contributed by atoms with Crippen LogP contribution in [-0.4, -0.2) is 85.4 Å². The van der Waals surface area contributed by atoms with Gasteiger partial charge in [-0.05, 0) is 118 Å². The molecular formula is C38H54N6O4S. The molecule has 49 heavy (non-hydrogen) atoms. The van der Waals surface area contributed by atoms with Crippen LogP contribution in [0.3, 0.4) is 0 Å². The van der Waals surface area contributed by atoms with Gasteiger partial charge < -0.3 is 35.4 Å². The quantitative estimate of drug-likeness (QED) is 0.195. The van der Waals surface area contributed by atoms with Crippen molar-refractivity contribution in [2.75, 3.05) is 68.6 Å². The lowest BCUT2D eigenvalue weighted by Gasteiger charge is -2.20. The number of aryl methyl sites for hydroxylation is 1. The molecular weight excluding hydrogens is 637 g/mol. The molecule has 10 nitrogen and oxygen atoms in total. The van der Waals surface area contributed by atoms with Crippen molar-refractivity contribution >= 4 is 46.9 Å². The first-order valence-electron chi connectivity index (χ1n) is 17.3. The highest BCUT2D eigenvalue weighted by Gasteiger charge is 2.18. The van der Waals surface area contributed by atoms with Crippen LogP contribution in [0.5, 0.6) is 5.75 Å². The minimum atomic E-state index is -0.0152. The molecule has 0 saturated carbocycles. The molecule has 3 N–H and O–H groups in total. The summed E-state index contributed by atoms with van der Waals surface area (Å²) >= 11 is 1.70. The van der Waals surface area contributed by atoms with Crippen molar-refractivity contribution in [1.29, 1.82) is 0 Å². The van der Waals surface area contributed by atoms with Crippen LogP contribution in [0, 0.1) is 0 Å². The highest BCUT2D eigenvalue weighted by molar-refractivity contribution is 7.98. The van der Waals surface area contributed by atoms with E-state index in [-0.39, 0.29) is 18.1 Å². The summed E-state index contributed by atoms with van der Waals surface area (Å²) in [6.07, 6.45) is 8.50. The number of rotatable bonds is 9. The van der Waals surface area contributed by atoms with E-state index in [0.29, 0.717) is 0 Å². The van der Waals surface area contributed by atoms with E-state index >= 15 is 0 Å². The first-order chi connectivity index (χ1) is 23.8. The molecule has 11 heteroatoms. The Balaban J connectivity index is 0.000000199. The summed E-state index contributed by atoms with van der Waals surface area (Å²) in [6.45, 7) is 11.2. The second-order valence-corrected chi connectivity index (χ2v) is 12.6. The van der Waals surface area contributed by atoms with E-state index in [9.17, 15) is 14.4 Å². The van der Waals surface area contributed by atoms with Crippen LogP contribution in [0.25, 0.3) is 0 Å². The highest BCUT2D eigenvalue weighted by atomic mass is 32.2. The van der Waals surface area contributed by atoms with E-state index in [1.807, 2.05) is 101 Å². The molecule has 0 unspecified atom stereocenters. The van der Waals surface area contributed by atoms with Crippen LogP contribution in [0.2, 0.25) is 0 Å². The van der Waals surface area contributed by atoms with Crippen molar-refractivity contribution in [3.8, 4) is 5.75 Å². The molecule has 2 fully saturated rings. The third-order valence-electron chi connectivity index (χ3n) is 8.25. The molecule has 0 aromatic heterocycles. The van der Waals surface area contributed by atoms with Gasteiger partial charge in [0.15, 0.2) is 0 Å². The molecule has 2 heterocycles. The summed E-state index contributed by atoms with van der Waals surface area (Å²) in [7, 11) is 1.62. The summed E-state index contributed by atoms with van der Waals surface area (Å²) in [6, 6.07) is 23.3. The first kappa shape index (κ1) is 39.1. The Morgan fingerprint density at radius 2 is 1.14 bits per heavy atom. The van der Waals surface area contributed by atoms with Gasteiger partial charge in [0.1, 0.15) is 5.75 Å². The minimum Gasteiger partial charge on any atom is -0.497 e. The standard InChI is InChI=1S/C14H22N2O.C12H16N2O2.C12H16N2OS/c1-4-11-16(6-3)14(17)15-13-9-7-12(5-2)8-10-13;2*1-16-11-6-4-10(5-7-11)13-12(15)14-8-2-3-9-14/h7-10H,4-6,11H2,1-3H3,(H,15,17);2*4-7H,2-3,8-9H2,1H3,(H,13,15). The van der Waals surface area contributed by atoms with Gasteiger partial charge in [0, 0.05) is 61.2 Å². The number of thioether (sulfide) groups is 1. The van der Waals surface area contributed by atoms with Crippen LogP contribution in [0.1, 0.15) is 58.4 Å². The van der Waals surface area contributed by atoms with Gasteiger partial charge in [-0.2, -0.15) is 0 Å². The Bertz CT molecular complexity index is 1330. The van der Waals surface area contributed by atoms with Crippen molar-refractivity contribution in [3.63, 3.8) is 0 Å². The van der Waals surface area contributed by atoms with Crippen LogP contribution < -0.4 is 20.7 Å². The number of benzene rings is 3. The zero-order valence-corrected chi connectivity index (χ0v) is 30.6. The zero-order valence-electron chi connectivity index (χ0n) is 29.8. The van der Waals surface area contributed by atoms with Crippen LogP contribution in [0.15, 0.2) is 77.7 Å². The second-order valence-electron chi connectivity index (χ2n) is 11.8. The molecule has 0 bridgehead atoms. The molecule has 2 saturated heterocycles. The number of hydrogen-bond donors (Lipinski definition) is 3. The number of hydrogen-bond acceptors (Lipinski definition) is 5. The first-order valence-corrected chi connectivity index (χ1v) is 18.6. The molecule has 0 atom stereocenters. The Morgan fingerprint density at radius 3 is 1.55 bits per heavy atom. The summed E-state index contributed by atoms with van der Waals surface area (Å²) in [5, 5.41) is 8.70. The van der Waals surface area contributed by atoms with Crippen molar-refractivity contribution in [2.45, 2.75) is 64.2 Å². The maximum absolute atomic E-state index is 11.9. The smallest absolute Gasteiger partial charge is 0.321 e. The molecule has 0 radical (unpaired) electrons. The highest BCUT2D eigenvalue weighted by Crippen LogP contribution is 2.19. The largest absolute Gasteiger partial charge is 0.497 e. The number of carbonyl (C=O) groups excluding carboxylic acids is 3. The number of anilines is 3. The van der Waals surface area contributed by atoms with Gasteiger partial charge >= 0.3 is 18.1 Å². The fourth-order valence-electron chi connectivity index (χ4n) is 5.29. The molecule has 5 rings (SSSR count). The van der Waals surface area contributed by atoms with Gasteiger partial charge in [0.2, 0.25) is 0 Å². The zero-order chi connectivity index (χ0) is 35.4. The van der Waals surface area contributed by atoms with E-state index in [4.69, 9.17) is 4.74 Å². The molecule has 266 valence electrons. The van der Waals surface area contributed by atoms with E-state index in [1.165, 1.54) is 10.5 Å². The normalized spacial score (nSPS) is 13.3. The fraction of sp³-hybridized carbons (Fsp3) is 0.447. The van der Waals surface area contributed by atoms with Gasteiger partial charge in [-0.25, -0.2) is 14.4 Å². The summed E-state index contributed by atoms with van der Waals surface area (Å²) in [5.41, 5.74) is 3.82. The Morgan fingerprint density at radius 1 is 0.694 bits per heavy atom. The van der Waals surface area contributed by atoms with Crippen molar-refractivity contribution in [3.05, 3.63) is 78.4 Å². The maximum atomic E-state index is 11.9. The Kier molecular flexibility index (Phi) is 17.2. The predicted octanol–water partition coefficient (Wildman–Crippen LogP) is 8.87. The third kappa shape index (κ3) is 13.6. The van der Waals surface area contributed by atoms with Gasteiger partial charge in [-0.1, -0.05) is 26.0 Å². The van der Waals surface area contributed by atoms with Crippen molar-refractivity contribution in [2.24, 2.45) is 0 Å². The van der Waals surface area contributed by atoms with E-state index in [0.717, 1.165) is 101 Å². The molecule has 3 aromatic carbocycles. The molecule has 0 aliphatic carbocycles. The van der Waals surface area contributed by atoms with Gasteiger partial charge in [0.05, 0.1) is 7.11 Å². The van der Waals surface area contributed by atoms with Gasteiger partial charge in [-0.15, -0.1) is 11.8 Å². The SMILES string of the molecule is CCCN(CC)C(=O)Nc1ccc(CC)cc1.COc1ccc(NC(=O)N2CCCC2)cc1.CSc1ccc(NC(=O)N2CCCC2)cc1. The lowest BCUT2D eigenvalue weighted by molar-refractivity contribution is 0.214.